The summed E-state index contributed by atoms with van der Waals surface area (Å²) in [5.41, 5.74) is 3.74. The number of hydrogen-bond donors (Lipinski definition) is 1. The van der Waals surface area contributed by atoms with Crippen LogP contribution < -0.4 is 0 Å². The minimum absolute atomic E-state index is 0.220. The van der Waals surface area contributed by atoms with Crippen LogP contribution in [0.1, 0.15) is 48.5 Å². The van der Waals surface area contributed by atoms with E-state index in [1.807, 2.05) is 0 Å². The number of fused-ring (bicyclic) bond motifs is 1. The van der Waals surface area contributed by atoms with Crippen LogP contribution in [0.5, 0.6) is 0 Å². The predicted molar refractivity (Wildman–Crippen MR) is 69.8 cm³/mol. The molecule has 1 nitrogen and oxygen atoms in total. The Morgan fingerprint density at radius 3 is 2.29 bits per heavy atom. The maximum absolute atomic E-state index is 10.5. The van der Waals surface area contributed by atoms with Crippen molar-refractivity contribution in [2.75, 3.05) is 0 Å². The Morgan fingerprint density at radius 2 is 1.71 bits per heavy atom. The van der Waals surface area contributed by atoms with E-state index in [0.717, 1.165) is 17.4 Å². The molecule has 2 aliphatic carbocycles. The molecule has 2 aliphatic rings. The smallest absolute Gasteiger partial charge is 0.0823 e. The van der Waals surface area contributed by atoms with Gasteiger partial charge in [0.05, 0.1) is 6.10 Å². The lowest BCUT2D eigenvalue weighted by Crippen LogP contribution is -2.03. The van der Waals surface area contributed by atoms with Gasteiger partial charge >= 0.3 is 0 Å². The topological polar surface area (TPSA) is 20.2 Å². The highest BCUT2D eigenvalue weighted by atomic mass is 16.3. The molecule has 0 aliphatic heterocycles. The molecule has 92 valence electrons. The summed E-state index contributed by atoms with van der Waals surface area (Å²) >= 11 is 0. The maximum atomic E-state index is 10.5. The van der Waals surface area contributed by atoms with Crippen LogP contribution in [-0.2, 0) is 0 Å². The van der Waals surface area contributed by atoms with E-state index < -0.39 is 0 Å². The Kier molecular flexibility index (Phi) is 2.74. The second-order valence-corrected chi connectivity index (χ2v) is 5.98. The number of rotatable bonds is 2. The Morgan fingerprint density at radius 1 is 1.06 bits per heavy atom. The van der Waals surface area contributed by atoms with Crippen LogP contribution in [0, 0.1) is 31.6 Å². The van der Waals surface area contributed by atoms with Crippen molar-refractivity contribution < 1.29 is 5.11 Å². The van der Waals surface area contributed by atoms with Gasteiger partial charge in [-0.05, 0) is 61.1 Å². The second kappa shape index (κ2) is 4.13. The molecule has 1 aromatic carbocycles. The van der Waals surface area contributed by atoms with Crippen LogP contribution in [0.3, 0.4) is 0 Å². The Balaban J connectivity index is 1.78. The SMILES string of the molecule is Cc1ccc(C(O)C2C3CCCCC32)cc1C. The van der Waals surface area contributed by atoms with Gasteiger partial charge in [-0.15, -0.1) is 0 Å². The molecule has 0 amide bonds. The highest BCUT2D eigenvalue weighted by Crippen LogP contribution is 2.60. The minimum atomic E-state index is -0.220. The van der Waals surface area contributed by atoms with Gasteiger partial charge in [-0.3, -0.25) is 0 Å². The Bertz CT molecular complexity index is 412. The molecule has 0 bridgehead atoms. The summed E-state index contributed by atoms with van der Waals surface area (Å²) in [5.74, 6) is 2.19. The molecule has 2 fully saturated rings. The third-order valence-electron chi connectivity index (χ3n) is 4.96. The first kappa shape index (κ1) is 11.3. The molecular weight excluding hydrogens is 208 g/mol. The van der Waals surface area contributed by atoms with Gasteiger partial charge in [-0.25, -0.2) is 0 Å². The predicted octanol–water partition coefficient (Wildman–Crippen LogP) is 3.77. The van der Waals surface area contributed by atoms with E-state index in [-0.39, 0.29) is 6.10 Å². The summed E-state index contributed by atoms with van der Waals surface area (Å²) < 4.78 is 0. The normalized spacial score (nSPS) is 33.0. The lowest BCUT2D eigenvalue weighted by Gasteiger charge is -2.12. The van der Waals surface area contributed by atoms with Crippen molar-refractivity contribution in [2.24, 2.45) is 17.8 Å². The van der Waals surface area contributed by atoms with Crippen molar-refractivity contribution in [3.05, 3.63) is 34.9 Å². The molecule has 0 saturated heterocycles. The Hall–Kier alpha value is -0.820. The molecule has 17 heavy (non-hydrogen) atoms. The van der Waals surface area contributed by atoms with Gasteiger partial charge in [0.2, 0.25) is 0 Å². The zero-order chi connectivity index (χ0) is 12.0. The molecule has 1 aromatic rings. The standard InChI is InChI=1S/C16H22O/c1-10-7-8-12(9-11(10)2)16(17)15-13-5-3-4-6-14(13)15/h7-9,13-17H,3-6H2,1-2H3. The summed E-state index contributed by atoms with van der Waals surface area (Å²) in [6, 6.07) is 6.42. The molecule has 3 rings (SSSR count). The first-order valence-electron chi connectivity index (χ1n) is 6.93. The van der Waals surface area contributed by atoms with Crippen LogP contribution >= 0.6 is 0 Å². The van der Waals surface area contributed by atoms with Crippen molar-refractivity contribution in [1.29, 1.82) is 0 Å². The number of benzene rings is 1. The molecule has 0 spiro atoms. The quantitative estimate of drug-likeness (QED) is 0.820. The lowest BCUT2D eigenvalue weighted by molar-refractivity contribution is 0.142. The number of aliphatic hydroxyl groups excluding tert-OH is 1. The highest BCUT2D eigenvalue weighted by Gasteiger charge is 2.54. The largest absolute Gasteiger partial charge is 0.388 e. The van der Waals surface area contributed by atoms with Gasteiger partial charge < -0.3 is 5.11 Å². The number of aryl methyl sites for hydroxylation is 2. The molecule has 3 unspecified atom stereocenters. The number of hydrogen-bond acceptors (Lipinski definition) is 1. The molecule has 1 heteroatoms. The Labute approximate surface area is 104 Å². The summed E-state index contributed by atoms with van der Waals surface area (Å²) in [5, 5.41) is 10.5. The fourth-order valence-corrected chi connectivity index (χ4v) is 3.69. The summed E-state index contributed by atoms with van der Waals surface area (Å²) in [6.45, 7) is 4.26. The van der Waals surface area contributed by atoms with Gasteiger partial charge in [-0.1, -0.05) is 31.0 Å². The van der Waals surface area contributed by atoms with E-state index in [0.29, 0.717) is 5.92 Å². The van der Waals surface area contributed by atoms with Crippen molar-refractivity contribution >= 4 is 0 Å². The first-order chi connectivity index (χ1) is 8.18. The summed E-state index contributed by atoms with van der Waals surface area (Å²) in [4.78, 5) is 0. The monoisotopic (exact) mass is 230 g/mol. The van der Waals surface area contributed by atoms with Gasteiger partial charge in [0, 0.05) is 0 Å². The van der Waals surface area contributed by atoms with Crippen molar-refractivity contribution in [3.8, 4) is 0 Å². The van der Waals surface area contributed by atoms with Crippen molar-refractivity contribution in [3.63, 3.8) is 0 Å². The van der Waals surface area contributed by atoms with Gasteiger partial charge in [0.15, 0.2) is 0 Å². The van der Waals surface area contributed by atoms with Crippen LogP contribution in [0.4, 0.5) is 0 Å². The maximum Gasteiger partial charge on any atom is 0.0823 e. The third kappa shape index (κ3) is 1.91. The van der Waals surface area contributed by atoms with Crippen LogP contribution in [0.15, 0.2) is 18.2 Å². The zero-order valence-electron chi connectivity index (χ0n) is 10.8. The van der Waals surface area contributed by atoms with E-state index >= 15 is 0 Å². The van der Waals surface area contributed by atoms with E-state index in [4.69, 9.17) is 0 Å². The first-order valence-corrected chi connectivity index (χ1v) is 6.93. The summed E-state index contributed by atoms with van der Waals surface area (Å²) in [7, 11) is 0. The molecule has 1 N–H and O–H groups in total. The fourth-order valence-electron chi connectivity index (χ4n) is 3.69. The molecule has 0 radical (unpaired) electrons. The molecule has 0 heterocycles. The second-order valence-electron chi connectivity index (χ2n) is 5.98. The van der Waals surface area contributed by atoms with E-state index in [1.54, 1.807) is 0 Å². The van der Waals surface area contributed by atoms with Crippen LogP contribution in [-0.4, -0.2) is 5.11 Å². The average molecular weight is 230 g/mol. The van der Waals surface area contributed by atoms with Crippen LogP contribution in [0.2, 0.25) is 0 Å². The molecule has 2 saturated carbocycles. The molecule has 3 atom stereocenters. The molecular formula is C16H22O. The number of aliphatic hydroxyl groups is 1. The minimum Gasteiger partial charge on any atom is -0.388 e. The van der Waals surface area contributed by atoms with Gasteiger partial charge in [0.1, 0.15) is 0 Å². The van der Waals surface area contributed by atoms with E-state index in [1.165, 1.54) is 36.8 Å². The third-order valence-corrected chi connectivity index (χ3v) is 4.96. The van der Waals surface area contributed by atoms with E-state index in [2.05, 4.69) is 32.0 Å². The van der Waals surface area contributed by atoms with E-state index in [9.17, 15) is 5.11 Å². The van der Waals surface area contributed by atoms with Crippen molar-refractivity contribution in [2.45, 2.75) is 45.6 Å². The van der Waals surface area contributed by atoms with Crippen molar-refractivity contribution in [1.82, 2.24) is 0 Å². The summed E-state index contributed by atoms with van der Waals surface area (Å²) in [6.07, 6.45) is 5.21. The molecule has 0 aromatic heterocycles. The highest BCUT2D eigenvalue weighted by molar-refractivity contribution is 5.32. The van der Waals surface area contributed by atoms with Gasteiger partial charge in [0.25, 0.3) is 0 Å². The average Bonchev–Trinajstić information content (AvgIpc) is 3.06. The zero-order valence-corrected chi connectivity index (χ0v) is 10.8. The fraction of sp³-hybridized carbons (Fsp3) is 0.625. The lowest BCUT2D eigenvalue weighted by atomic mass is 9.99. The van der Waals surface area contributed by atoms with Gasteiger partial charge in [-0.2, -0.15) is 0 Å². The van der Waals surface area contributed by atoms with Crippen LogP contribution in [0.25, 0.3) is 0 Å².